The number of hydroxylamine groups is 1. The maximum atomic E-state index is 13.2. The quantitative estimate of drug-likeness (QED) is 0.301. The van der Waals surface area contributed by atoms with E-state index < -0.39 is 26.0 Å². The molecular formula is C21H25F3N2O5S2. The number of nitrogens with one attached hydrogen (secondary N) is 2. The van der Waals surface area contributed by atoms with Crippen LogP contribution in [0.25, 0.3) is 0 Å². The lowest BCUT2D eigenvalue weighted by atomic mass is 9.96. The summed E-state index contributed by atoms with van der Waals surface area (Å²) in [5, 5.41) is 12.1. The van der Waals surface area contributed by atoms with Crippen molar-refractivity contribution < 1.29 is 36.3 Å². The molecule has 7 nitrogen and oxygen atoms in total. The predicted molar refractivity (Wildman–Crippen MR) is 118 cm³/mol. The van der Waals surface area contributed by atoms with Gasteiger partial charge < -0.3 is 10.1 Å². The van der Waals surface area contributed by atoms with Gasteiger partial charge >= 0.3 is 5.51 Å². The Labute approximate surface area is 194 Å². The Morgan fingerprint density at radius 2 is 1.52 bits per heavy atom. The molecule has 3 rings (SSSR count). The largest absolute Gasteiger partial charge is 0.457 e. The van der Waals surface area contributed by atoms with Gasteiger partial charge in [-0.2, -0.15) is 13.2 Å². The summed E-state index contributed by atoms with van der Waals surface area (Å²) in [6, 6.07) is 10.6. The van der Waals surface area contributed by atoms with Crippen LogP contribution in [0.15, 0.2) is 58.3 Å². The molecule has 0 aromatic heterocycles. The van der Waals surface area contributed by atoms with Crippen molar-refractivity contribution in [2.45, 2.75) is 46.7 Å². The van der Waals surface area contributed by atoms with Crippen LogP contribution >= 0.6 is 11.8 Å². The Kier molecular flexibility index (Phi) is 9.18. The minimum absolute atomic E-state index is 0.00225. The maximum absolute atomic E-state index is 13.2. The first-order valence-corrected chi connectivity index (χ1v) is 12.4. The molecular weight excluding hydrogens is 481 g/mol. The number of carbonyl (C=O) groups excluding carboxylic acids is 1. The van der Waals surface area contributed by atoms with Gasteiger partial charge in [0.15, 0.2) is 14.6 Å². The zero-order valence-electron chi connectivity index (χ0n) is 18.0. The zero-order chi connectivity index (χ0) is 24.7. The van der Waals surface area contributed by atoms with Gasteiger partial charge in [0, 0.05) is 4.90 Å². The molecule has 0 saturated carbocycles. The zero-order valence-corrected chi connectivity index (χ0v) is 19.6. The normalized spacial score (nSPS) is 15.7. The van der Waals surface area contributed by atoms with Crippen LogP contribution in [0.5, 0.6) is 11.5 Å². The molecule has 0 atom stereocenters. The van der Waals surface area contributed by atoms with Crippen molar-refractivity contribution in [2.75, 3.05) is 13.1 Å². The third-order valence-electron chi connectivity index (χ3n) is 4.87. The van der Waals surface area contributed by atoms with Crippen LogP contribution in [0.4, 0.5) is 13.2 Å². The monoisotopic (exact) mass is 506 g/mol. The minimum Gasteiger partial charge on any atom is -0.457 e. The summed E-state index contributed by atoms with van der Waals surface area (Å²) in [6.07, 6.45) is 0.00449. The molecule has 12 heteroatoms. The van der Waals surface area contributed by atoms with E-state index in [2.05, 4.69) is 5.32 Å². The molecule has 1 amide bonds. The molecule has 1 aliphatic rings. The van der Waals surface area contributed by atoms with E-state index >= 15 is 0 Å². The van der Waals surface area contributed by atoms with E-state index in [4.69, 9.17) is 9.94 Å². The van der Waals surface area contributed by atoms with Gasteiger partial charge in [0.25, 0.3) is 5.91 Å². The average molecular weight is 507 g/mol. The molecule has 1 aliphatic heterocycles. The van der Waals surface area contributed by atoms with E-state index in [0.717, 1.165) is 0 Å². The Balaban J connectivity index is 0.00000187. The van der Waals surface area contributed by atoms with Crippen LogP contribution in [-0.2, 0) is 14.6 Å². The second kappa shape index (κ2) is 11.2. The Morgan fingerprint density at radius 1 is 1.03 bits per heavy atom. The predicted octanol–water partition coefficient (Wildman–Crippen LogP) is 4.52. The van der Waals surface area contributed by atoms with Crippen LogP contribution < -0.4 is 15.5 Å². The highest BCUT2D eigenvalue weighted by atomic mass is 32.2. The molecule has 1 fully saturated rings. The number of alkyl halides is 3. The summed E-state index contributed by atoms with van der Waals surface area (Å²) in [5.74, 6) is -0.441. The van der Waals surface area contributed by atoms with Crippen LogP contribution in [-0.4, -0.2) is 42.9 Å². The lowest BCUT2D eigenvalue weighted by Crippen LogP contribution is -2.57. The van der Waals surface area contributed by atoms with Crippen LogP contribution in [0.2, 0.25) is 0 Å². The third-order valence-corrected chi connectivity index (χ3v) is 8.12. The number of amides is 1. The van der Waals surface area contributed by atoms with Gasteiger partial charge in [-0.05, 0) is 86.2 Å². The van der Waals surface area contributed by atoms with Crippen LogP contribution in [0, 0.1) is 0 Å². The van der Waals surface area contributed by atoms with E-state index in [1.54, 1.807) is 0 Å². The fourth-order valence-electron chi connectivity index (χ4n) is 3.31. The standard InChI is InChI=1S/C19H19F3N2O5S2.C2H6/c20-19(21,22)30-15-5-1-13(2-6-15)29-14-3-7-16(8-4-14)31(27,28)18(17(25)24-26)9-11-23-12-10-18;1-2/h1-8,23,26H,9-12H2,(H,24,25);1-2H3. The topological polar surface area (TPSA) is 105 Å². The summed E-state index contributed by atoms with van der Waals surface area (Å²) in [4.78, 5) is 12.2. The summed E-state index contributed by atoms with van der Waals surface area (Å²) in [7, 11) is -4.12. The number of sulfone groups is 1. The maximum Gasteiger partial charge on any atom is 0.446 e. The third kappa shape index (κ3) is 6.40. The molecule has 0 spiro atoms. The lowest BCUT2D eigenvalue weighted by Gasteiger charge is -2.34. The van der Waals surface area contributed by atoms with E-state index in [1.165, 1.54) is 54.0 Å². The Morgan fingerprint density at radius 3 is 1.97 bits per heavy atom. The molecule has 3 N–H and O–H groups in total. The minimum atomic E-state index is -4.39. The van der Waals surface area contributed by atoms with Gasteiger partial charge in [-0.3, -0.25) is 10.0 Å². The number of benzene rings is 2. The number of carbonyl (C=O) groups is 1. The molecule has 2 aromatic rings. The van der Waals surface area contributed by atoms with Crippen molar-refractivity contribution >= 4 is 27.5 Å². The van der Waals surface area contributed by atoms with E-state index in [0.29, 0.717) is 13.1 Å². The summed E-state index contributed by atoms with van der Waals surface area (Å²) < 4.78 is 67.3. The molecule has 33 heavy (non-hydrogen) atoms. The van der Waals surface area contributed by atoms with Crippen molar-refractivity contribution in [3.63, 3.8) is 0 Å². The van der Waals surface area contributed by atoms with Crippen molar-refractivity contribution in [1.82, 2.24) is 10.8 Å². The van der Waals surface area contributed by atoms with E-state index in [9.17, 15) is 26.4 Å². The van der Waals surface area contributed by atoms with E-state index in [1.807, 2.05) is 13.8 Å². The molecule has 182 valence electrons. The molecule has 0 unspecified atom stereocenters. The van der Waals surface area contributed by atoms with Crippen molar-refractivity contribution in [3.05, 3.63) is 48.5 Å². The van der Waals surface area contributed by atoms with Crippen LogP contribution in [0.3, 0.4) is 0 Å². The first-order valence-electron chi connectivity index (χ1n) is 10.1. The average Bonchev–Trinajstić information content (AvgIpc) is 2.81. The lowest BCUT2D eigenvalue weighted by molar-refractivity contribution is -0.132. The SMILES string of the molecule is CC.O=C(NO)C1(S(=O)(=O)c2ccc(Oc3ccc(SC(F)(F)F)cc3)cc2)CCNCC1. The number of halogens is 3. The molecule has 2 aromatic carbocycles. The molecule has 0 radical (unpaired) electrons. The summed E-state index contributed by atoms with van der Waals surface area (Å²) in [6.45, 7) is 4.60. The number of thioether (sulfide) groups is 1. The highest BCUT2D eigenvalue weighted by molar-refractivity contribution is 8.00. The number of rotatable bonds is 6. The fourth-order valence-corrected chi connectivity index (χ4v) is 5.82. The van der Waals surface area contributed by atoms with Crippen LogP contribution in [0.1, 0.15) is 26.7 Å². The van der Waals surface area contributed by atoms with Gasteiger partial charge in [0.2, 0.25) is 0 Å². The molecule has 0 bridgehead atoms. The fraction of sp³-hybridized carbons (Fsp3) is 0.381. The second-order valence-corrected chi connectivity index (χ2v) is 10.2. The highest BCUT2D eigenvalue weighted by Gasteiger charge is 2.51. The summed E-state index contributed by atoms with van der Waals surface area (Å²) >= 11 is -0.240. The first kappa shape index (κ1) is 27.0. The van der Waals surface area contributed by atoms with Gasteiger partial charge in [-0.15, -0.1) is 0 Å². The second-order valence-electron chi connectivity index (χ2n) is 6.78. The van der Waals surface area contributed by atoms with Gasteiger partial charge in [0.05, 0.1) is 4.90 Å². The number of piperidine rings is 1. The van der Waals surface area contributed by atoms with Crippen molar-refractivity contribution in [3.8, 4) is 11.5 Å². The number of hydrogen-bond acceptors (Lipinski definition) is 7. The van der Waals surface area contributed by atoms with Crippen molar-refractivity contribution in [1.29, 1.82) is 0 Å². The molecule has 0 aliphatic carbocycles. The first-order chi connectivity index (χ1) is 15.6. The molecule has 1 saturated heterocycles. The summed E-state index contributed by atoms with van der Waals surface area (Å²) in [5.41, 5.74) is -2.92. The van der Waals surface area contributed by atoms with Gasteiger partial charge in [-0.1, -0.05) is 13.8 Å². The van der Waals surface area contributed by atoms with E-state index in [-0.39, 0.29) is 45.9 Å². The van der Waals surface area contributed by atoms with Crippen molar-refractivity contribution in [2.24, 2.45) is 0 Å². The van der Waals surface area contributed by atoms with Gasteiger partial charge in [-0.25, -0.2) is 13.9 Å². The number of hydrogen-bond donors (Lipinski definition) is 3. The van der Waals surface area contributed by atoms with Gasteiger partial charge in [0.1, 0.15) is 11.5 Å². The Hall–Kier alpha value is -2.28. The Bertz CT molecular complexity index is 1020. The highest BCUT2D eigenvalue weighted by Crippen LogP contribution is 2.38. The number of ether oxygens (including phenoxy) is 1. The smallest absolute Gasteiger partial charge is 0.446 e. The molecule has 1 heterocycles.